The van der Waals surface area contributed by atoms with Crippen LogP contribution in [0.1, 0.15) is 5.76 Å². The van der Waals surface area contributed by atoms with Gasteiger partial charge < -0.3 is 13.9 Å². The van der Waals surface area contributed by atoms with Gasteiger partial charge >= 0.3 is 5.97 Å². The predicted octanol–water partition coefficient (Wildman–Crippen LogP) is 1.38. The molecule has 0 aliphatic rings. The molecule has 0 saturated carbocycles. The Morgan fingerprint density at radius 2 is 2.44 bits per heavy atom. The Morgan fingerprint density at radius 3 is 3.00 bits per heavy atom. The molecule has 0 fully saturated rings. The van der Waals surface area contributed by atoms with E-state index in [0.29, 0.717) is 12.4 Å². The standard InChI is InChI=1S/C11H11NO4/c1-14-5-6-16-11(13)9(8-12)7-10-3-2-4-15-10/h2-4,7H,5-6H2,1H3. The number of ether oxygens (including phenoxy) is 2. The number of rotatable bonds is 5. The molecule has 5 nitrogen and oxygen atoms in total. The van der Waals surface area contributed by atoms with Crippen molar-refractivity contribution in [2.24, 2.45) is 0 Å². The molecule has 0 unspecified atom stereocenters. The van der Waals surface area contributed by atoms with E-state index >= 15 is 0 Å². The zero-order valence-electron chi connectivity index (χ0n) is 8.80. The lowest BCUT2D eigenvalue weighted by molar-refractivity contribution is -0.139. The topological polar surface area (TPSA) is 72.5 Å². The van der Waals surface area contributed by atoms with Gasteiger partial charge in [0.15, 0.2) is 0 Å². The molecule has 0 atom stereocenters. The molecule has 0 spiro atoms. The van der Waals surface area contributed by atoms with Gasteiger partial charge in [-0.3, -0.25) is 0 Å². The lowest BCUT2D eigenvalue weighted by atomic mass is 10.2. The molecule has 1 heterocycles. The molecule has 0 aliphatic heterocycles. The van der Waals surface area contributed by atoms with Crippen molar-refractivity contribution < 1.29 is 18.7 Å². The van der Waals surface area contributed by atoms with Crippen molar-refractivity contribution in [3.63, 3.8) is 0 Å². The molecule has 16 heavy (non-hydrogen) atoms. The van der Waals surface area contributed by atoms with Crippen LogP contribution in [0.15, 0.2) is 28.4 Å². The van der Waals surface area contributed by atoms with Crippen LogP contribution in [0.5, 0.6) is 0 Å². The highest BCUT2D eigenvalue weighted by Gasteiger charge is 2.10. The summed E-state index contributed by atoms with van der Waals surface area (Å²) in [5, 5.41) is 8.76. The maximum absolute atomic E-state index is 11.4. The van der Waals surface area contributed by atoms with Crippen LogP contribution in [0.25, 0.3) is 6.08 Å². The normalized spacial score (nSPS) is 10.9. The van der Waals surface area contributed by atoms with Crippen LogP contribution in [0.3, 0.4) is 0 Å². The summed E-state index contributed by atoms with van der Waals surface area (Å²) in [6.45, 7) is 0.414. The van der Waals surface area contributed by atoms with E-state index < -0.39 is 5.97 Å². The molecule has 0 bridgehead atoms. The highest BCUT2D eigenvalue weighted by molar-refractivity contribution is 5.97. The van der Waals surface area contributed by atoms with E-state index in [1.54, 1.807) is 18.2 Å². The molecule has 0 N–H and O–H groups in total. The number of nitrogens with zero attached hydrogens (tertiary/aromatic N) is 1. The van der Waals surface area contributed by atoms with Crippen molar-refractivity contribution in [2.75, 3.05) is 20.3 Å². The van der Waals surface area contributed by atoms with Crippen molar-refractivity contribution in [3.8, 4) is 6.07 Å². The maximum atomic E-state index is 11.4. The Labute approximate surface area is 92.9 Å². The van der Waals surface area contributed by atoms with Crippen molar-refractivity contribution in [1.82, 2.24) is 0 Å². The quantitative estimate of drug-likeness (QED) is 0.325. The smallest absolute Gasteiger partial charge is 0.349 e. The second-order valence-corrected chi connectivity index (χ2v) is 2.81. The third-order valence-corrected chi connectivity index (χ3v) is 1.69. The van der Waals surface area contributed by atoms with Gasteiger partial charge in [0.1, 0.15) is 24.0 Å². The van der Waals surface area contributed by atoms with Gasteiger partial charge in [0, 0.05) is 13.2 Å². The van der Waals surface area contributed by atoms with E-state index in [1.807, 2.05) is 0 Å². The van der Waals surface area contributed by atoms with Crippen LogP contribution in [0, 0.1) is 11.3 Å². The van der Waals surface area contributed by atoms with E-state index in [2.05, 4.69) is 0 Å². The summed E-state index contributed by atoms with van der Waals surface area (Å²) in [6.07, 6.45) is 2.78. The summed E-state index contributed by atoms with van der Waals surface area (Å²) in [7, 11) is 1.50. The van der Waals surface area contributed by atoms with Crippen LogP contribution < -0.4 is 0 Å². The zero-order valence-corrected chi connectivity index (χ0v) is 8.80. The van der Waals surface area contributed by atoms with Gasteiger partial charge in [-0.1, -0.05) is 0 Å². The molecule has 1 rings (SSSR count). The van der Waals surface area contributed by atoms with Gasteiger partial charge in [-0.05, 0) is 12.1 Å². The Bertz CT molecular complexity index is 400. The fourth-order valence-corrected chi connectivity index (χ4v) is 0.948. The van der Waals surface area contributed by atoms with Gasteiger partial charge in [0.05, 0.1) is 12.9 Å². The Hall–Kier alpha value is -2.06. The van der Waals surface area contributed by atoms with E-state index in [1.165, 1.54) is 19.4 Å². The second kappa shape index (κ2) is 6.43. The molecule has 5 heteroatoms. The lowest BCUT2D eigenvalue weighted by Gasteiger charge is -2.01. The molecule has 0 amide bonds. The van der Waals surface area contributed by atoms with Crippen molar-refractivity contribution >= 4 is 12.0 Å². The fraction of sp³-hybridized carbons (Fsp3) is 0.273. The second-order valence-electron chi connectivity index (χ2n) is 2.81. The summed E-state index contributed by atoms with van der Waals surface area (Å²) in [5.74, 6) is -0.254. The average Bonchev–Trinajstić information content (AvgIpc) is 2.78. The number of nitriles is 1. The van der Waals surface area contributed by atoms with Gasteiger partial charge in [0.25, 0.3) is 0 Å². The molecule has 1 aromatic heterocycles. The first-order valence-corrected chi connectivity index (χ1v) is 4.59. The molecule has 0 saturated heterocycles. The highest BCUT2D eigenvalue weighted by Crippen LogP contribution is 2.08. The maximum Gasteiger partial charge on any atom is 0.349 e. The largest absolute Gasteiger partial charge is 0.465 e. The Balaban J connectivity index is 2.61. The average molecular weight is 221 g/mol. The lowest BCUT2D eigenvalue weighted by Crippen LogP contribution is -2.11. The summed E-state index contributed by atoms with van der Waals surface area (Å²) >= 11 is 0. The minimum atomic E-state index is -0.684. The molecule has 1 aromatic rings. The van der Waals surface area contributed by atoms with E-state index in [4.69, 9.17) is 19.2 Å². The van der Waals surface area contributed by atoms with Crippen LogP contribution in [0.4, 0.5) is 0 Å². The number of furan rings is 1. The number of hydrogen-bond acceptors (Lipinski definition) is 5. The minimum absolute atomic E-state index is 0.106. The molecule has 84 valence electrons. The highest BCUT2D eigenvalue weighted by atomic mass is 16.6. The van der Waals surface area contributed by atoms with Gasteiger partial charge in [-0.2, -0.15) is 5.26 Å². The molecule has 0 radical (unpaired) electrons. The van der Waals surface area contributed by atoms with Crippen LogP contribution in [0.2, 0.25) is 0 Å². The summed E-state index contributed by atoms with van der Waals surface area (Å²) in [6, 6.07) is 5.06. The third kappa shape index (κ3) is 3.59. The molecule has 0 aromatic carbocycles. The molecule has 0 aliphatic carbocycles. The van der Waals surface area contributed by atoms with E-state index in [-0.39, 0.29) is 12.2 Å². The summed E-state index contributed by atoms with van der Waals surface area (Å²) < 4.78 is 14.5. The number of carbonyl (C=O) groups excluding carboxylic acids is 1. The Kier molecular flexibility index (Phi) is 4.83. The van der Waals surface area contributed by atoms with Gasteiger partial charge in [-0.25, -0.2) is 4.79 Å². The summed E-state index contributed by atoms with van der Waals surface area (Å²) in [5.41, 5.74) is -0.106. The first kappa shape index (κ1) is 12.0. The Morgan fingerprint density at radius 1 is 1.62 bits per heavy atom. The van der Waals surface area contributed by atoms with Gasteiger partial charge in [-0.15, -0.1) is 0 Å². The van der Waals surface area contributed by atoms with Crippen LogP contribution in [-0.4, -0.2) is 26.3 Å². The third-order valence-electron chi connectivity index (χ3n) is 1.69. The van der Waals surface area contributed by atoms with Gasteiger partial charge in [0.2, 0.25) is 0 Å². The first-order valence-electron chi connectivity index (χ1n) is 4.59. The predicted molar refractivity (Wildman–Crippen MR) is 55.1 cm³/mol. The van der Waals surface area contributed by atoms with E-state index in [9.17, 15) is 4.79 Å². The van der Waals surface area contributed by atoms with Crippen LogP contribution >= 0.6 is 0 Å². The van der Waals surface area contributed by atoms with E-state index in [0.717, 1.165) is 0 Å². The fourth-order valence-electron chi connectivity index (χ4n) is 0.948. The first-order chi connectivity index (χ1) is 7.77. The SMILES string of the molecule is COCCOC(=O)C(C#N)=Cc1ccco1. The number of methoxy groups -OCH3 is 1. The molecular formula is C11H11NO4. The summed E-state index contributed by atoms with van der Waals surface area (Å²) in [4.78, 5) is 11.4. The van der Waals surface area contributed by atoms with Crippen molar-refractivity contribution in [3.05, 3.63) is 29.7 Å². The van der Waals surface area contributed by atoms with Crippen molar-refractivity contribution in [2.45, 2.75) is 0 Å². The minimum Gasteiger partial charge on any atom is -0.465 e. The monoisotopic (exact) mass is 221 g/mol. The number of carbonyl (C=O) groups is 1. The van der Waals surface area contributed by atoms with Crippen LogP contribution in [-0.2, 0) is 14.3 Å². The zero-order chi connectivity index (χ0) is 11.8. The molecular weight excluding hydrogens is 210 g/mol. The number of hydrogen-bond donors (Lipinski definition) is 0. The number of esters is 1. The van der Waals surface area contributed by atoms with Crippen molar-refractivity contribution in [1.29, 1.82) is 5.26 Å².